The van der Waals surface area contributed by atoms with Gasteiger partial charge in [0, 0.05) is 38.0 Å². The number of hydrogen-bond acceptors (Lipinski definition) is 3. The Morgan fingerprint density at radius 2 is 1.80 bits per heavy atom. The SMILES string of the molecule is CN(CCCCCO)c1ccccc1CNC(C)(C)C. The van der Waals surface area contributed by atoms with Gasteiger partial charge in [0.15, 0.2) is 0 Å². The summed E-state index contributed by atoms with van der Waals surface area (Å²) in [5.41, 5.74) is 2.77. The maximum absolute atomic E-state index is 8.82. The molecule has 1 rings (SSSR count). The highest BCUT2D eigenvalue weighted by molar-refractivity contribution is 5.53. The zero-order valence-corrected chi connectivity index (χ0v) is 13.4. The van der Waals surface area contributed by atoms with Crippen LogP contribution < -0.4 is 10.2 Å². The van der Waals surface area contributed by atoms with Crippen LogP contribution in [0.25, 0.3) is 0 Å². The van der Waals surface area contributed by atoms with Crippen molar-refractivity contribution in [3.05, 3.63) is 29.8 Å². The van der Waals surface area contributed by atoms with Gasteiger partial charge in [0.1, 0.15) is 0 Å². The van der Waals surface area contributed by atoms with Crippen LogP contribution in [-0.2, 0) is 6.54 Å². The van der Waals surface area contributed by atoms with Gasteiger partial charge in [0.25, 0.3) is 0 Å². The molecular weight excluding hydrogens is 248 g/mol. The predicted octanol–water partition coefficient (Wildman–Crippen LogP) is 3.17. The summed E-state index contributed by atoms with van der Waals surface area (Å²) in [6, 6.07) is 8.58. The maximum Gasteiger partial charge on any atom is 0.0431 e. The third-order valence-electron chi connectivity index (χ3n) is 3.36. The molecule has 3 nitrogen and oxygen atoms in total. The second kappa shape index (κ2) is 8.28. The number of nitrogens with one attached hydrogen (secondary N) is 1. The molecule has 3 heteroatoms. The van der Waals surface area contributed by atoms with Gasteiger partial charge in [-0.25, -0.2) is 0 Å². The van der Waals surface area contributed by atoms with E-state index in [0.717, 1.165) is 32.4 Å². The van der Waals surface area contributed by atoms with Crippen LogP contribution in [0.2, 0.25) is 0 Å². The van der Waals surface area contributed by atoms with Crippen molar-refractivity contribution in [2.45, 2.75) is 52.1 Å². The van der Waals surface area contributed by atoms with Crippen LogP contribution in [0, 0.1) is 0 Å². The van der Waals surface area contributed by atoms with Gasteiger partial charge in [-0.15, -0.1) is 0 Å². The van der Waals surface area contributed by atoms with Crippen molar-refractivity contribution in [3.63, 3.8) is 0 Å². The summed E-state index contributed by atoms with van der Waals surface area (Å²) in [6.07, 6.45) is 3.11. The molecule has 0 bridgehead atoms. The van der Waals surface area contributed by atoms with Gasteiger partial charge in [-0.1, -0.05) is 18.2 Å². The van der Waals surface area contributed by atoms with E-state index in [1.54, 1.807) is 0 Å². The van der Waals surface area contributed by atoms with E-state index in [1.165, 1.54) is 11.3 Å². The summed E-state index contributed by atoms with van der Waals surface area (Å²) in [5.74, 6) is 0. The number of unbranched alkanes of at least 4 members (excludes halogenated alkanes) is 2. The largest absolute Gasteiger partial charge is 0.396 e. The van der Waals surface area contributed by atoms with Crippen molar-refractivity contribution < 1.29 is 5.11 Å². The normalized spacial score (nSPS) is 11.7. The molecule has 0 fully saturated rings. The van der Waals surface area contributed by atoms with Crippen molar-refractivity contribution in [2.75, 3.05) is 25.1 Å². The lowest BCUT2D eigenvalue weighted by Gasteiger charge is -2.25. The third-order valence-corrected chi connectivity index (χ3v) is 3.36. The van der Waals surface area contributed by atoms with E-state index in [-0.39, 0.29) is 5.54 Å². The zero-order valence-electron chi connectivity index (χ0n) is 13.4. The van der Waals surface area contributed by atoms with Gasteiger partial charge in [-0.2, -0.15) is 0 Å². The first kappa shape index (κ1) is 17.0. The van der Waals surface area contributed by atoms with E-state index in [2.05, 4.69) is 62.3 Å². The highest BCUT2D eigenvalue weighted by Gasteiger charge is 2.11. The van der Waals surface area contributed by atoms with E-state index in [1.807, 2.05) is 0 Å². The molecule has 0 saturated heterocycles. The summed E-state index contributed by atoms with van der Waals surface area (Å²) in [7, 11) is 2.15. The standard InChI is InChI=1S/C17H30N2O/c1-17(2,3)18-14-15-10-6-7-11-16(15)19(4)12-8-5-9-13-20/h6-7,10-11,18,20H,5,8-9,12-14H2,1-4H3. The average molecular weight is 278 g/mol. The molecule has 0 aliphatic rings. The Labute approximate surface area is 124 Å². The summed E-state index contributed by atoms with van der Waals surface area (Å²) >= 11 is 0. The summed E-state index contributed by atoms with van der Waals surface area (Å²) < 4.78 is 0. The second-order valence-corrected chi connectivity index (χ2v) is 6.44. The summed E-state index contributed by atoms with van der Waals surface area (Å²) in [5, 5.41) is 12.4. The van der Waals surface area contributed by atoms with Crippen molar-refractivity contribution in [3.8, 4) is 0 Å². The smallest absolute Gasteiger partial charge is 0.0431 e. The Balaban J connectivity index is 2.59. The molecule has 0 aromatic heterocycles. The highest BCUT2D eigenvalue weighted by Crippen LogP contribution is 2.20. The Kier molecular flexibility index (Phi) is 7.03. The molecule has 0 radical (unpaired) electrons. The number of aliphatic hydroxyl groups excluding tert-OH is 1. The molecule has 1 aromatic rings. The van der Waals surface area contributed by atoms with Crippen LogP contribution >= 0.6 is 0 Å². The van der Waals surface area contributed by atoms with Crippen LogP contribution in [0.1, 0.15) is 45.6 Å². The maximum atomic E-state index is 8.82. The molecular formula is C17H30N2O. The first-order valence-electron chi connectivity index (χ1n) is 7.59. The molecule has 0 heterocycles. The van der Waals surface area contributed by atoms with Gasteiger partial charge in [0.2, 0.25) is 0 Å². The van der Waals surface area contributed by atoms with Gasteiger partial charge in [-0.3, -0.25) is 0 Å². The zero-order chi connectivity index (χ0) is 15.0. The van der Waals surface area contributed by atoms with Crippen LogP contribution in [0.15, 0.2) is 24.3 Å². The third kappa shape index (κ3) is 6.40. The first-order valence-corrected chi connectivity index (χ1v) is 7.59. The predicted molar refractivity (Wildman–Crippen MR) is 87.2 cm³/mol. The number of aliphatic hydroxyl groups is 1. The average Bonchev–Trinajstić information content (AvgIpc) is 2.40. The molecule has 2 N–H and O–H groups in total. The van der Waals surface area contributed by atoms with Crippen molar-refractivity contribution in [1.82, 2.24) is 5.32 Å². The lowest BCUT2D eigenvalue weighted by atomic mass is 10.1. The van der Waals surface area contributed by atoms with E-state index >= 15 is 0 Å². The number of benzene rings is 1. The molecule has 0 amide bonds. The van der Waals surface area contributed by atoms with Crippen LogP contribution in [-0.4, -0.2) is 30.8 Å². The molecule has 0 atom stereocenters. The second-order valence-electron chi connectivity index (χ2n) is 6.44. The molecule has 0 unspecified atom stereocenters. The minimum absolute atomic E-state index is 0.132. The fraction of sp³-hybridized carbons (Fsp3) is 0.647. The molecule has 0 aliphatic heterocycles. The van der Waals surface area contributed by atoms with Gasteiger partial charge < -0.3 is 15.3 Å². The monoisotopic (exact) mass is 278 g/mol. The van der Waals surface area contributed by atoms with E-state index in [4.69, 9.17) is 5.11 Å². The highest BCUT2D eigenvalue weighted by atomic mass is 16.2. The van der Waals surface area contributed by atoms with Gasteiger partial charge in [0.05, 0.1) is 0 Å². The van der Waals surface area contributed by atoms with E-state index in [0.29, 0.717) is 6.61 Å². The number of para-hydroxylation sites is 1. The number of nitrogens with zero attached hydrogens (tertiary/aromatic N) is 1. The molecule has 1 aromatic carbocycles. The Bertz CT molecular complexity index is 385. The van der Waals surface area contributed by atoms with E-state index in [9.17, 15) is 0 Å². The topological polar surface area (TPSA) is 35.5 Å². The minimum atomic E-state index is 0.132. The van der Waals surface area contributed by atoms with Crippen molar-refractivity contribution >= 4 is 5.69 Å². The molecule has 0 aliphatic carbocycles. The molecule has 0 spiro atoms. The molecule has 20 heavy (non-hydrogen) atoms. The van der Waals surface area contributed by atoms with E-state index < -0.39 is 0 Å². The van der Waals surface area contributed by atoms with Crippen LogP contribution in [0.4, 0.5) is 5.69 Å². The first-order chi connectivity index (χ1) is 9.44. The van der Waals surface area contributed by atoms with Crippen molar-refractivity contribution in [2.24, 2.45) is 0 Å². The van der Waals surface area contributed by atoms with Crippen LogP contribution in [0.3, 0.4) is 0 Å². The quantitative estimate of drug-likeness (QED) is 0.717. The Morgan fingerprint density at radius 1 is 1.10 bits per heavy atom. The Morgan fingerprint density at radius 3 is 2.45 bits per heavy atom. The summed E-state index contributed by atoms with van der Waals surface area (Å²) in [4.78, 5) is 2.32. The van der Waals surface area contributed by atoms with Crippen LogP contribution in [0.5, 0.6) is 0 Å². The Hall–Kier alpha value is -1.06. The summed E-state index contributed by atoms with van der Waals surface area (Å²) in [6.45, 7) is 8.79. The molecule has 0 saturated carbocycles. The fourth-order valence-electron chi connectivity index (χ4n) is 2.15. The van der Waals surface area contributed by atoms with Gasteiger partial charge >= 0.3 is 0 Å². The minimum Gasteiger partial charge on any atom is -0.396 e. The van der Waals surface area contributed by atoms with Gasteiger partial charge in [-0.05, 0) is 51.7 Å². The number of hydrogen-bond donors (Lipinski definition) is 2. The lowest BCUT2D eigenvalue weighted by molar-refractivity contribution is 0.283. The van der Waals surface area contributed by atoms with Crippen molar-refractivity contribution in [1.29, 1.82) is 0 Å². The lowest BCUT2D eigenvalue weighted by Crippen LogP contribution is -2.35. The number of rotatable bonds is 8. The number of anilines is 1. The fourth-order valence-corrected chi connectivity index (χ4v) is 2.15. The molecule has 114 valence electrons.